The quantitative estimate of drug-likeness (QED) is 0.520. The molecule has 5 heteroatoms. The normalized spacial score (nSPS) is 14.3. The molecule has 0 bridgehead atoms. The van der Waals surface area contributed by atoms with Gasteiger partial charge in [-0.15, -0.1) is 11.8 Å². The number of esters is 2. The van der Waals surface area contributed by atoms with Crippen molar-refractivity contribution >= 4 is 23.7 Å². The summed E-state index contributed by atoms with van der Waals surface area (Å²) in [5, 5.41) is 0. The molecule has 0 aliphatic rings. The molecule has 0 rings (SSSR count). The molecule has 0 aromatic heterocycles. The predicted octanol–water partition coefficient (Wildman–Crippen LogP) is 1.58. The maximum atomic E-state index is 11.5. The van der Waals surface area contributed by atoms with E-state index < -0.39 is 16.9 Å². The van der Waals surface area contributed by atoms with Crippen LogP contribution in [-0.4, -0.2) is 30.2 Å². The third-order valence-corrected chi connectivity index (χ3v) is 2.83. The lowest BCUT2D eigenvalue weighted by Gasteiger charge is -2.27. The van der Waals surface area contributed by atoms with Crippen LogP contribution in [0.25, 0.3) is 0 Å². The van der Waals surface area contributed by atoms with Gasteiger partial charge in [-0.05, 0) is 6.26 Å². The number of thioether (sulfide) groups is 1. The van der Waals surface area contributed by atoms with Crippen molar-refractivity contribution < 1.29 is 19.1 Å². The summed E-state index contributed by atoms with van der Waals surface area (Å²) in [6.45, 7) is 3.20. The molecule has 14 heavy (non-hydrogen) atoms. The van der Waals surface area contributed by atoms with Crippen LogP contribution in [0.5, 0.6) is 0 Å². The zero-order chi connectivity index (χ0) is 11.2. The summed E-state index contributed by atoms with van der Waals surface area (Å²) in [7, 11) is 1.28. The lowest BCUT2D eigenvalue weighted by Crippen LogP contribution is -2.40. The van der Waals surface area contributed by atoms with Crippen LogP contribution in [0.2, 0.25) is 0 Å². The van der Waals surface area contributed by atoms with Gasteiger partial charge in [0.1, 0.15) is 0 Å². The van der Waals surface area contributed by atoms with Crippen LogP contribution < -0.4 is 0 Å². The van der Waals surface area contributed by atoms with Gasteiger partial charge >= 0.3 is 11.9 Å². The smallest absolute Gasteiger partial charge is 0.361 e. The van der Waals surface area contributed by atoms with Gasteiger partial charge in [0.25, 0.3) is 4.93 Å². The van der Waals surface area contributed by atoms with Gasteiger partial charge in [-0.1, -0.05) is 13.3 Å². The van der Waals surface area contributed by atoms with Crippen LogP contribution in [-0.2, 0) is 19.1 Å². The van der Waals surface area contributed by atoms with Crippen LogP contribution in [0.4, 0.5) is 0 Å². The van der Waals surface area contributed by atoms with E-state index in [9.17, 15) is 9.59 Å². The fraction of sp³-hybridized carbons (Fsp3) is 0.778. The van der Waals surface area contributed by atoms with Gasteiger partial charge in [-0.25, -0.2) is 4.79 Å². The van der Waals surface area contributed by atoms with Crippen LogP contribution >= 0.6 is 11.8 Å². The first kappa shape index (κ1) is 13.3. The Morgan fingerprint density at radius 2 is 2.00 bits per heavy atom. The third kappa shape index (κ3) is 3.21. The van der Waals surface area contributed by atoms with Gasteiger partial charge < -0.3 is 9.47 Å². The molecule has 0 fully saturated rings. The fourth-order valence-corrected chi connectivity index (χ4v) is 2.00. The summed E-state index contributed by atoms with van der Waals surface area (Å²) in [5.41, 5.74) is 0. The summed E-state index contributed by atoms with van der Waals surface area (Å²) in [4.78, 5) is 21.2. The molecule has 0 heterocycles. The minimum Gasteiger partial charge on any atom is -0.465 e. The van der Waals surface area contributed by atoms with Crippen LogP contribution in [0.3, 0.4) is 0 Å². The minimum atomic E-state index is -1.17. The molecule has 0 aliphatic carbocycles. The Morgan fingerprint density at radius 1 is 1.43 bits per heavy atom. The second kappa shape index (κ2) is 5.90. The zero-order valence-electron chi connectivity index (χ0n) is 8.96. The summed E-state index contributed by atoms with van der Waals surface area (Å²) < 4.78 is 9.65. The third-order valence-electron chi connectivity index (χ3n) is 1.71. The van der Waals surface area contributed by atoms with Gasteiger partial charge in [0, 0.05) is 13.3 Å². The van der Waals surface area contributed by atoms with Gasteiger partial charge in [-0.3, -0.25) is 4.79 Å². The molecule has 0 saturated carbocycles. The van der Waals surface area contributed by atoms with Crippen molar-refractivity contribution in [3.63, 3.8) is 0 Å². The second-order valence-corrected chi connectivity index (χ2v) is 3.86. The van der Waals surface area contributed by atoms with E-state index in [2.05, 4.69) is 4.74 Å². The lowest BCUT2D eigenvalue weighted by atomic mass is 10.2. The molecular weight excluding hydrogens is 204 g/mol. The van der Waals surface area contributed by atoms with Crippen molar-refractivity contribution in [2.45, 2.75) is 31.6 Å². The molecule has 0 N–H and O–H groups in total. The fourth-order valence-electron chi connectivity index (χ4n) is 1.14. The molecule has 0 aromatic carbocycles. The largest absolute Gasteiger partial charge is 0.465 e. The molecule has 0 saturated heterocycles. The molecule has 0 spiro atoms. The van der Waals surface area contributed by atoms with E-state index in [1.165, 1.54) is 25.8 Å². The van der Waals surface area contributed by atoms with E-state index >= 15 is 0 Å². The van der Waals surface area contributed by atoms with E-state index in [1.807, 2.05) is 6.92 Å². The molecular formula is C9H16O4S. The monoisotopic (exact) mass is 220 g/mol. The molecule has 0 aromatic rings. The number of hydrogen-bond donors (Lipinski definition) is 0. The van der Waals surface area contributed by atoms with E-state index in [0.717, 1.165) is 6.42 Å². The Labute approximate surface area is 88.3 Å². The molecule has 82 valence electrons. The highest BCUT2D eigenvalue weighted by Gasteiger charge is 2.41. The second-order valence-electron chi connectivity index (χ2n) is 2.79. The molecule has 0 amide bonds. The summed E-state index contributed by atoms with van der Waals surface area (Å²) in [6, 6.07) is 0. The molecule has 1 unspecified atom stereocenters. The van der Waals surface area contributed by atoms with Crippen molar-refractivity contribution in [1.82, 2.24) is 0 Å². The highest BCUT2D eigenvalue weighted by Crippen LogP contribution is 2.31. The van der Waals surface area contributed by atoms with E-state index in [4.69, 9.17) is 4.74 Å². The highest BCUT2D eigenvalue weighted by molar-refractivity contribution is 8.00. The van der Waals surface area contributed by atoms with Gasteiger partial charge in [0.15, 0.2) is 0 Å². The van der Waals surface area contributed by atoms with Gasteiger partial charge in [-0.2, -0.15) is 0 Å². The lowest BCUT2D eigenvalue weighted by molar-refractivity contribution is -0.169. The standard InChI is InChI=1S/C9H16O4S/c1-5-6-9(14-4,8(11)12-3)13-7(2)10/h5-6H2,1-4H3. The van der Waals surface area contributed by atoms with Gasteiger partial charge in [0.05, 0.1) is 7.11 Å². The van der Waals surface area contributed by atoms with Crippen molar-refractivity contribution in [3.8, 4) is 0 Å². The molecule has 0 radical (unpaired) electrons. The number of hydrogen-bond acceptors (Lipinski definition) is 5. The molecule has 0 aliphatic heterocycles. The Balaban J connectivity index is 4.76. The number of carbonyl (C=O) groups is 2. The van der Waals surface area contributed by atoms with Crippen molar-refractivity contribution in [2.24, 2.45) is 0 Å². The topological polar surface area (TPSA) is 52.6 Å². The first-order chi connectivity index (χ1) is 6.52. The number of rotatable bonds is 5. The molecule has 1 atom stereocenters. The van der Waals surface area contributed by atoms with Gasteiger partial charge in [0.2, 0.25) is 0 Å². The van der Waals surface area contributed by atoms with Crippen molar-refractivity contribution in [3.05, 3.63) is 0 Å². The maximum absolute atomic E-state index is 11.5. The number of carbonyl (C=O) groups excluding carboxylic acids is 2. The summed E-state index contributed by atoms with van der Waals surface area (Å²) in [5.74, 6) is -0.986. The average molecular weight is 220 g/mol. The summed E-state index contributed by atoms with van der Waals surface area (Å²) >= 11 is 1.19. The van der Waals surface area contributed by atoms with E-state index in [0.29, 0.717) is 6.42 Å². The Bertz CT molecular complexity index is 217. The predicted molar refractivity (Wildman–Crippen MR) is 54.9 cm³/mol. The number of methoxy groups -OCH3 is 1. The van der Waals surface area contributed by atoms with Crippen molar-refractivity contribution in [2.75, 3.05) is 13.4 Å². The average Bonchev–Trinajstić information content (AvgIpc) is 2.15. The van der Waals surface area contributed by atoms with Crippen molar-refractivity contribution in [1.29, 1.82) is 0 Å². The Hall–Kier alpha value is -0.710. The van der Waals surface area contributed by atoms with Crippen LogP contribution in [0, 0.1) is 0 Å². The van der Waals surface area contributed by atoms with Crippen LogP contribution in [0.15, 0.2) is 0 Å². The highest BCUT2D eigenvalue weighted by atomic mass is 32.2. The SMILES string of the molecule is CCCC(OC(C)=O)(SC)C(=O)OC. The number of ether oxygens (including phenoxy) is 2. The maximum Gasteiger partial charge on any atom is 0.361 e. The van der Waals surface area contributed by atoms with E-state index in [1.54, 1.807) is 6.26 Å². The van der Waals surface area contributed by atoms with Crippen LogP contribution in [0.1, 0.15) is 26.7 Å². The first-order valence-electron chi connectivity index (χ1n) is 4.35. The first-order valence-corrected chi connectivity index (χ1v) is 5.58. The Morgan fingerprint density at radius 3 is 2.29 bits per heavy atom. The zero-order valence-corrected chi connectivity index (χ0v) is 9.77. The molecule has 4 nitrogen and oxygen atoms in total. The van der Waals surface area contributed by atoms with E-state index in [-0.39, 0.29) is 0 Å². The Kier molecular flexibility index (Phi) is 5.60. The summed E-state index contributed by atoms with van der Waals surface area (Å²) in [6.07, 6.45) is 2.92. The minimum absolute atomic E-state index is 0.459.